The van der Waals surface area contributed by atoms with E-state index in [-0.39, 0.29) is 24.0 Å². The van der Waals surface area contributed by atoms with Gasteiger partial charge in [-0.2, -0.15) is 0 Å². The molecule has 24 heavy (non-hydrogen) atoms. The standard InChI is InChI=1S/C19H31N3O.HI/c1-4-23-14-17-8-6-5-7-16(17)13-21-19(20-3)22-18-11-9-15(2)10-12-18;/h5-8,15,18H,4,9-14H2,1-3H3,(H2,20,21,22);1H. The highest BCUT2D eigenvalue weighted by Gasteiger charge is 2.18. The Balaban J connectivity index is 0.00000288. The monoisotopic (exact) mass is 445 g/mol. The van der Waals surface area contributed by atoms with Crippen molar-refractivity contribution in [2.45, 2.75) is 58.7 Å². The Morgan fingerprint density at radius 3 is 2.46 bits per heavy atom. The highest BCUT2D eigenvalue weighted by Crippen LogP contribution is 2.23. The van der Waals surface area contributed by atoms with E-state index >= 15 is 0 Å². The van der Waals surface area contributed by atoms with Crippen LogP contribution in [0.25, 0.3) is 0 Å². The van der Waals surface area contributed by atoms with Crippen LogP contribution in [0.5, 0.6) is 0 Å². The number of hydrogen-bond donors (Lipinski definition) is 2. The number of rotatable bonds is 6. The number of nitrogens with one attached hydrogen (secondary N) is 2. The molecule has 2 N–H and O–H groups in total. The number of halogens is 1. The van der Waals surface area contributed by atoms with Crippen molar-refractivity contribution in [1.82, 2.24) is 10.6 Å². The van der Waals surface area contributed by atoms with Gasteiger partial charge < -0.3 is 15.4 Å². The molecule has 0 radical (unpaired) electrons. The van der Waals surface area contributed by atoms with Crippen LogP contribution in [0, 0.1) is 5.92 Å². The molecule has 0 spiro atoms. The molecule has 0 aliphatic heterocycles. The molecule has 4 nitrogen and oxygen atoms in total. The summed E-state index contributed by atoms with van der Waals surface area (Å²) in [6.07, 6.45) is 5.10. The maximum absolute atomic E-state index is 5.55. The van der Waals surface area contributed by atoms with Gasteiger partial charge in [-0.15, -0.1) is 24.0 Å². The van der Waals surface area contributed by atoms with Gasteiger partial charge in [0.2, 0.25) is 0 Å². The summed E-state index contributed by atoms with van der Waals surface area (Å²) >= 11 is 0. The molecule has 5 heteroatoms. The number of aliphatic imine (C=N–C) groups is 1. The average molecular weight is 445 g/mol. The summed E-state index contributed by atoms with van der Waals surface area (Å²) in [7, 11) is 1.84. The van der Waals surface area contributed by atoms with Crippen molar-refractivity contribution in [1.29, 1.82) is 0 Å². The molecule has 0 atom stereocenters. The second-order valence-electron chi connectivity index (χ2n) is 6.43. The first-order valence-electron chi connectivity index (χ1n) is 8.84. The quantitative estimate of drug-likeness (QED) is 0.394. The highest BCUT2D eigenvalue weighted by molar-refractivity contribution is 14.0. The fraction of sp³-hybridized carbons (Fsp3) is 0.632. The normalized spacial score (nSPS) is 21.0. The Morgan fingerprint density at radius 2 is 1.83 bits per heavy atom. The van der Waals surface area contributed by atoms with Gasteiger partial charge in [-0.1, -0.05) is 31.2 Å². The van der Waals surface area contributed by atoms with Gasteiger partial charge in [0.1, 0.15) is 0 Å². The lowest BCUT2D eigenvalue weighted by molar-refractivity contribution is 0.133. The Kier molecular flexibility index (Phi) is 10.3. The van der Waals surface area contributed by atoms with Crippen LogP contribution in [-0.2, 0) is 17.9 Å². The lowest BCUT2D eigenvalue weighted by atomic mass is 9.87. The first-order chi connectivity index (χ1) is 11.2. The molecule has 1 aliphatic carbocycles. The predicted molar refractivity (Wildman–Crippen MR) is 112 cm³/mol. The SMILES string of the molecule is CCOCc1ccccc1CNC(=NC)NC1CCC(C)CC1.I. The molecule has 0 unspecified atom stereocenters. The van der Waals surface area contributed by atoms with Crippen molar-refractivity contribution in [3.8, 4) is 0 Å². The van der Waals surface area contributed by atoms with Gasteiger partial charge >= 0.3 is 0 Å². The second kappa shape index (κ2) is 11.7. The summed E-state index contributed by atoms with van der Waals surface area (Å²) < 4.78 is 5.55. The van der Waals surface area contributed by atoms with Crippen molar-refractivity contribution in [3.05, 3.63) is 35.4 Å². The van der Waals surface area contributed by atoms with E-state index in [9.17, 15) is 0 Å². The molecule has 136 valence electrons. The molecule has 1 aliphatic rings. The van der Waals surface area contributed by atoms with Crippen LogP contribution < -0.4 is 10.6 Å². The minimum absolute atomic E-state index is 0. The molecule has 0 saturated heterocycles. The van der Waals surface area contributed by atoms with Gasteiger partial charge in [-0.05, 0) is 49.7 Å². The van der Waals surface area contributed by atoms with E-state index in [4.69, 9.17) is 4.74 Å². The number of nitrogens with zero attached hydrogens (tertiary/aromatic N) is 1. The van der Waals surface area contributed by atoms with Crippen LogP contribution in [0.15, 0.2) is 29.3 Å². The third-order valence-corrected chi connectivity index (χ3v) is 4.61. The molecule has 1 saturated carbocycles. The first-order valence-corrected chi connectivity index (χ1v) is 8.84. The summed E-state index contributed by atoms with van der Waals surface area (Å²) in [5.74, 6) is 1.77. The number of hydrogen-bond acceptors (Lipinski definition) is 2. The molecule has 0 aromatic heterocycles. The Morgan fingerprint density at radius 1 is 1.17 bits per heavy atom. The molecule has 0 amide bonds. The Bertz CT molecular complexity index is 499. The fourth-order valence-corrected chi connectivity index (χ4v) is 3.05. The second-order valence-corrected chi connectivity index (χ2v) is 6.43. The van der Waals surface area contributed by atoms with Crippen molar-refractivity contribution in [2.24, 2.45) is 10.9 Å². The zero-order valence-electron chi connectivity index (χ0n) is 15.2. The zero-order valence-corrected chi connectivity index (χ0v) is 17.5. The Labute approximate surface area is 163 Å². The van der Waals surface area contributed by atoms with Crippen LogP contribution in [0.2, 0.25) is 0 Å². The summed E-state index contributed by atoms with van der Waals surface area (Å²) in [5.41, 5.74) is 2.50. The van der Waals surface area contributed by atoms with Crippen LogP contribution in [0.3, 0.4) is 0 Å². The fourth-order valence-electron chi connectivity index (χ4n) is 3.05. The van der Waals surface area contributed by atoms with E-state index in [1.165, 1.54) is 36.8 Å². The minimum Gasteiger partial charge on any atom is -0.377 e. The van der Waals surface area contributed by atoms with E-state index < -0.39 is 0 Å². The summed E-state index contributed by atoms with van der Waals surface area (Å²) in [5, 5.41) is 7.01. The number of ether oxygens (including phenoxy) is 1. The third-order valence-electron chi connectivity index (χ3n) is 4.61. The molecule has 1 aromatic carbocycles. The van der Waals surface area contributed by atoms with Crippen LogP contribution in [0.4, 0.5) is 0 Å². The lowest BCUT2D eigenvalue weighted by Crippen LogP contribution is -2.44. The molecular weight excluding hydrogens is 413 g/mol. The van der Waals surface area contributed by atoms with Crippen molar-refractivity contribution in [3.63, 3.8) is 0 Å². The minimum atomic E-state index is 0. The van der Waals surface area contributed by atoms with Crippen LogP contribution in [-0.4, -0.2) is 25.7 Å². The summed E-state index contributed by atoms with van der Waals surface area (Å²) in [4.78, 5) is 4.37. The first kappa shape index (κ1) is 21.2. The van der Waals surface area contributed by atoms with E-state index in [0.717, 1.165) is 25.0 Å². The largest absolute Gasteiger partial charge is 0.377 e. The van der Waals surface area contributed by atoms with E-state index in [2.05, 4.69) is 46.8 Å². The maximum Gasteiger partial charge on any atom is 0.191 e. The van der Waals surface area contributed by atoms with Crippen molar-refractivity contribution >= 4 is 29.9 Å². The van der Waals surface area contributed by atoms with Gasteiger partial charge in [0.05, 0.1) is 6.61 Å². The predicted octanol–water partition coefficient (Wildman–Crippen LogP) is 4.08. The van der Waals surface area contributed by atoms with Crippen LogP contribution in [0.1, 0.15) is 50.7 Å². The summed E-state index contributed by atoms with van der Waals surface area (Å²) in [6.45, 7) is 6.55. The Hall–Kier alpha value is -0.820. The van der Waals surface area contributed by atoms with Crippen LogP contribution >= 0.6 is 24.0 Å². The van der Waals surface area contributed by atoms with E-state index in [1.54, 1.807) is 0 Å². The smallest absolute Gasteiger partial charge is 0.191 e. The highest BCUT2D eigenvalue weighted by atomic mass is 127. The molecule has 2 rings (SSSR count). The zero-order chi connectivity index (χ0) is 16.5. The van der Waals surface area contributed by atoms with Gasteiger partial charge in [0.15, 0.2) is 5.96 Å². The average Bonchev–Trinajstić information content (AvgIpc) is 2.59. The van der Waals surface area contributed by atoms with Crippen molar-refractivity contribution in [2.75, 3.05) is 13.7 Å². The molecule has 0 bridgehead atoms. The molecule has 1 fully saturated rings. The maximum atomic E-state index is 5.55. The lowest BCUT2D eigenvalue weighted by Gasteiger charge is -2.28. The molecule has 1 aromatic rings. The third kappa shape index (κ3) is 6.97. The summed E-state index contributed by atoms with van der Waals surface area (Å²) in [6, 6.07) is 8.97. The number of benzene rings is 1. The van der Waals surface area contributed by atoms with Crippen molar-refractivity contribution < 1.29 is 4.74 Å². The molecular formula is C19H32IN3O. The van der Waals surface area contributed by atoms with Gasteiger partial charge in [-0.25, -0.2) is 0 Å². The van der Waals surface area contributed by atoms with E-state index in [1.807, 2.05) is 14.0 Å². The van der Waals surface area contributed by atoms with Gasteiger partial charge in [-0.3, -0.25) is 4.99 Å². The topological polar surface area (TPSA) is 45.6 Å². The number of guanidine groups is 1. The van der Waals surface area contributed by atoms with E-state index in [0.29, 0.717) is 12.6 Å². The van der Waals surface area contributed by atoms with Gasteiger partial charge in [0, 0.05) is 26.2 Å². The van der Waals surface area contributed by atoms with Gasteiger partial charge in [0.25, 0.3) is 0 Å². The molecule has 0 heterocycles.